The maximum Gasteiger partial charge on any atom is 0.433 e. The second-order valence-electron chi connectivity index (χ2n) is 8.94. The number of hydrogen-bond acceptors (Lipinski definition) is 8. The van der Waals surface area contributed by atoms with E-state index in [1.165, 1.54) is 35.3 Å². The number of alkyl halides is 3. The molecule has 0 spiro atoms. The normalized spacial score (nSPS) is 11.9. The van der Waals surface area contributed by atoms with Crippen molar-refractivity contribution >= 4 is 44.7 Å². The zero-order valence-corrected chi connectivity index (χ0v) is 22.2. The lowest BCUT2D eigenvalue weighted by Crippen LogP contribution is -2.17. The van der Waals surface area contributed by atoms with Crippen LogP contribution in [0.5, 0.6) is 0 Å². The van der Waals surface area contributed by atoms with Gasteiger partial charge in [0.25, 0.3) is 11.8 Å². The van der Waals surface area contributed by atoms with Gasteiger partial charge in [0.15, 0.2) is 5.65 Å². The minimum atomic E-state index is -4.78. The number of nitrogens with one attached hydrogen (secondary N) is 1. The number of thiophene rings is 1. The molecular formula is C26H19F3N8O3S. The lowest BCUT2D eigenvalue weighted by molar-refractivity contribution is -0.140. The third-order valence-electron chi connectivity index (χ3n) is 6.39. The number of rotatable bonds is 6. The summed E-state index contributed by atoms with van der Waals surface area (Å²) >= 11 is 0.635. The van der Waals surface area contributed by atoms with E-state index in [-0.39, 0.29) is 43.3 Å². The van der Waals surface area contributed by atoms with Crippen LogP contribution >= 0.6 is 11.3 Å². The van der Waals surface area contributed by atoms with Crippen molar-refractivity contribution in [2.75, 3.05) is 5.32 Å². The number of pyridine rings is 1. The van der Waals surface area contributed by atoms with Crippen LogP contribution in [0.15, 0.2) is 53.5 Å². The predicted molar refractivity (Wildman–Crippen MR) is 143 cm³/mol. The molecule has 2 amide bonds. The van der Waals surface area contributed by atoms with Gasteiger partial charge in [-0.1, -0.05) is 0 Å². The number of carbonyl (C=O) groups is 2. The van der Waals surface area contributed by atoms with Gasteiger partial charge in [0.2, 0.25) is 0 Å². The summed E-state index contributed by atoms with van der Waals surface area (Å²) in [4.78, 5) is 33.7. The largest absolute Gasteiger partial charge is 0.464 e. The second-order valence-corrected chi connectivity index (χ2v) is 9.94. The topological polar surface area (TPSA) is 146 Å². The van der Waals surface area contributed by atoms with Crippen molar-refractivity contribution in [1.82, 2.24) is 29.4 Å². The van der Waals surface area contributed by atoms with Gasteiger partial charge in [-0.25, -0.2) is 14.5 Å². The molecule has 6 heterocycles. The number of primary amides is 1. The Labute approximate surface area is 232 Å². The van der Waals surface area contributed by atoms with E-state index in [1.54, 1.807) is 10.7 Å². The summed E-state index contributed by atoms with van der Waals surface area (Å²) in [6, 6.07) is 5.50. The SMILES string of the molecule is CCn1cc(-c2ccnc3c(C(=O)Nc4c(C(N)=O)sc5nc(C(F)(F)F)cc(-c6ccco6)c45)cnn23)c(C)n1. The number of anilines is 1. The minimum Gasteiger partial charge on any atom is -0.464 e. The number of aryl methyl sites for hydroxylation is 2. The molecule has 0 saturated heterocycles. The summed E-state index contributed by atoms with van der Waals surface area (Å²) in [5.41, 5.74) is 6.75. The molecule has 0 bridgehead atoms. The van der Waals surface area contributed by atoms with Crippen LogP contribution in [0.4, 0.5) is 18.9 Å². The lowest BCUT2D eigenvalue weighted by atomic mass is 10.1. The summed E-state index contributed by atoms with van der Waals surface area (Å²) in [7, 11) is 0. The highest BCUT2D eigenvalue weighted by atomic mass is 32.1. The molecule has 0 radical (unpaired) electrons. The summed E-state index contributed by atoms with van der Waals surface area (Å²) in [6.45, 7) is 4.48. The number of amides is 2. The number of hydrogen-bond donors (Lipinski definition) is 2. The molecular weight excluding hydrogens is 561 g/mol. The van der Waals surface area contributed by atoms with Crippen molar-refractivity contribution in [3.05, 3.63) is 70.9 Å². The van der Waals surface area contributed by atoms with Crippen LogP contribution in [0.2, 0.25) is 0 Å². The number of aromatic nitrogens is 6. The van der Waals surface area contributed by atoms with Crippen LogP contribution in [0.1, 0.15) is 38.3 Å². The minimum absolute atomic E-state index is 0.0185. The maximum absolute atomic E-state index is 13.7. The standard InChI is InChI=1S/C26H19F3N8O3S/c1-3-36-11-15(12(2)35-36)16-6-7-31-23-14(10-32-37(16)23)24(39)34-20-19-13(17-5-4-8-40-17)9-18(26(27,28)29)33-25(19)41-21(20)22(30)38/h4-11H,3H2,1-2H3,(H2,30,38)(H,34,39). The molecule has 0 aliphatic carbocycles. The van der Waals surface area contributed by atoms with Gasteiger partial charge in [0.05, 0.1) is 29.5 Å². The summed E-state index contributed by atoms with van der Waals surface area (Å²) in [6.07, 6.45) is 1.22. The molecule has 15 heteroatoms. The Kier molecular flexibility index (Phi) is 6.10. The Morgan fingerprint density at radius 1 is 1.22 bits per heavy atom. The Morgan fingerprint density at radius 3 is 2.68 bits per heavy atom. The summed E-state index contributed by atoms with van der Waals surface area (Å²) in [5.74, 6) is -1.58. The monoisotopic (exact) mass is 580 g/mol. The average Bonchev–Trinajstić information content (AvgIpc) is 3.72. The van der Waals surface area contributed by atoms with Gasteiger partial charge in [-0.2, -0.15) is 23.4 Å². The van der Waals surface area contributed by atoms with Gasteiger partial charge < -0.3 is 15.5 Å². The van der Waals surface area contributed by atoms with Crippen LogP contribution in [0, 0.1) is 6.92 Å². The number of halogens is 3. The quantitative estimate of drug-likeness (QED) is 0.277. The van der Waals surface area contributed by atoms with Gasteiger partial charge in [-0.15, -0.1) is 11.3 Å². The van der Waals surface area contributed by atoms with E-state index in [4.69, 9.17) is 10.2 Å². The first-order chi connectivity index (χ1) is 19.6. The Morgan fingerprint density at radius 2 is 2.02 bits per heavy atom. The van der Waals surface area contributed by atoms with E-state index < -0.39 is 23.7 Å². The molecule has 6 aromatic heterocycles. The highest BCUT2D eigenvalue weighted by molar-refractivity contribution is 7.21. The van der Waals surface area contributed by atoms with Crippen LogP contribution < -0.4 is 11.1 Å². The fourth-order valence-corrected chi connectivity index (χ4v) is 5.54. The molecule has 6 rings (SSSR count). The van der Waals surface area contributed by atoms with Crippen LogP contribution in [0.25, 0.3) is 38.4 Å². The Balaban J connectivity index is 1.49. The average molecular weight is 581 g/mol. The molecule has 0 aliphatic rings. The van der Waals surface area contributed by atoms with Crippen molar-refractivity contribution < 1.29 is 27.2 Å². The molecule has 0 aromatic carbocycles. The first kappa shape index (κ1) is 26.2. The highest BCUT2D eigenvalue weighted by Gasteiger charge is 2.35. The second kappa shape index (κ2) is 9.55. The van der Waals surface area contributed by atoms with E-state index in [2.05, 4.69) is 25.5 Å². The lowest BCUT2D eigenvalue weighted by Gasteiger charge is -2.11. The third kappa shape index (κ3) is 4.39. The molecule has 0 saturated carbocycles. The zero-order valence-electron chi connectivity index (χ0n) is 21.4. The number of carbonyl (C=O) groups excluding carboxylic acids is 2. The number of nitrogens with zero attached hydrogens (tertiary/aromatic N) is 6. The van der Waals surface area contributed by atoms with E-state index in [0.29, 0.717) is 23.6 Å². The van der Waals surface area contributed by atoms with Gasteiger partial charge in [-0.05, 0) is 38.1 Å². The van der Waals surface area contributed by atoms with Gasteiger partial charge in [0, 0.05) is 35.5 Å². The summed E-state index contributed by atoms with van der Waals surface area (Å²) in [5, 5.41) is 11.5. The molecule has 0 unspecified atom stereocenters. The molecule has 3 N–H and O–H groups in total. The highest BCUT2D eigenvalue weighted by Crippen LogP contribution is 2.44. The smallest absolute Gasteiger partial charge is 0.433 e. The Bertz CT molecular complexity index is 1970. The fraction of sp³-hybridized carbons (Fsp3) is 0.154. The van der Waals surface area contributed by atoms with E-state index in [0.717, 1.165) is 17.3 Å². The van der Waals surface area contributed by atoms with Crippen LogP contribution in [-0.4, -0.2) is 41.2 Å². The van der Waals surface area contributed by atoms with E-state index in [9.17, 15) is 22.8 Å². The first-order valence-corrected chi connectivity index (χ1v) is 13.0. The number of nitrogens with two attached hydrogens (primary N) is 1. The van der Waals surface area contributed by atoms with Crippen molar-refractivity contribution in [3.63, 3.8) is 0 Å². The predicted octanol–water partition coefficient (Wildman–Crippen LogP) is 5.16. The number of fused-ring (bicyclic) bond motifs is 2. The van der Waals surface area contributed by atoms with E-state index >= 15 is 0 Å². The molecule has 41 heavy (non-hydrogen) atoms. The maximum atomic E-state index is 13.7. The fourth-order valence-electron chi connectivity index (χ4n) is 4.53. The van der Waals surface area contributed by atoms with Crippen molar-refractivity contribution in [3.8, 4) is 22.6 Å². The van der Waals surface area contributed by atoms with Crippen molar-refractivity contribution in [1.29, 1.82) is 0 Å². The van der Waals surface area contributed by atoms with Gasteiger partial charge in [-0.3, -0.25) is 14.3 Å². The zero-order chi connectivity index (χ0) is 29.1. The van der Waals surface area contributed by atoms with Gasteiger partial charge >= 0.3 is 6.18 Å². The first-order valence-electron chi connectivity index (χ1n) is 12.1. The Hall–Kier alpha value is -5.05. The van der Waals surface area contributed by atoms with Crippen molar-refractivity contribution in [2.24, 2.45) is 5.73 Å². The molecule has 6 aromatic rings. The number of furan rings is 1. The third-order valence-corrected chi connectivity index (χ3v) is 7.49. The molecule has 208 valence electrons. The van der Waals surface area contributed by atoms with Crippen LogP contribution in [-0.2, 0) is 12.7 Å². The van der Waals surface area contributed by atoms with Crippen molar-refractivity contribution in [2.45, 2.75) is 26.6 Å². The molecule has 11 nitrogen and oxygen atoms in total. The summed E-state index contributed by atoms with van der Waals surface area (Å²) < 4.78 is 49.7. The van der Waals surface area contributed by atoms with Crippen LogP contribution in [0.3, 0.4) is 0 Å². The van der Waals surface area contributed by atoms with E-state index in [1.807, 2.05) is 20.0 Å². The molecule has 0 atom stereocenters. The van der Waals surface area contributed by atoms with Gasteiger partial charge in [0.1, 0.15) is 26.7 Å². The molecule has 0 fully saturated rings. The molecule has 0 aliphatic heterocycles.